The zero-order valence-electron chi connectivity index (χ0n) is 16.5. The monoisotopic (exact) mass is 418 g/mol. The molecular formula is C17H24F2N4O4S. The van der Waals surface area contributed by atoms with Crippen molar-refractivity contribution in [2.75, 3.05) is 26.2 Å². The minimum Gasteiger partial charge on any atom is -0.444 e. The summed E-state index contributed by atoms with van der Waals surface area (Å²) in [6.07, 6.45) is 0.517. The molecule has 0 aliphatic carbocycles. The minimum absolute atomic E-state index is 0.0172. The zero-order chi connectivity index (χ0) is 21.1. The zero-order valence-corrected chi connectivity index (χ0v) is 17.3. The fraction of sp³-hybridized carbons (Fsp3) is 0.706. The van der Waals surface area contributed by atoms with E-state index in [2.05, 4.69) is 9.97 Å². The van der Waals surface area contributed by atoms with Crippen LogP contribution in [0.15, 0.2) is 11.1 Å². The first-order valence-corrected chi connectivity index (χ1v) is 10.3. The van der Waals surface area contributed by atoms with E-state index in [0.717, 1.165) is 6.20 Å². The molecule has 0 bridgehead atoms. The van der Waals surface area contributed by atoms with Gasteiger partial charge in [-0.3, -0.25) is 0 Å². The predicted molar refractivity (Wildman–Crippen MR) is 95.3 cm³/mol. The average Bonchev–Trinajstić information content (AvgIpc) is 2.40. The molecule has 0 saturated carbocycles. The van der Waals surface area contributed by atoms with Gasteiger partial charge in [-0.05, 0) is 27.7 Å². The molecule has 1 spiro atoms. The number of carbonyl (C=O) groups excluding carboxylic acids is 1. The van der Waals surface area contributed by atoms with E-state index in [1.54, 1.807) is 25.7 Å². The highest BCUT2D eigenvalue weighted by atomic mass is 32.2. The van der Waals surface area contributed by atoms with Gasteiger partial charge in [0.05, 0.1) is 11.9 Å². The van der Waals surface area contributed by atoms with Crippen LogP contribution in [0.1, 0.15) is 39.2 Å². The lowest BCUT2D eigenvalue weighted by Gasteiger charge is -2.58. The summed E-state index contributed by atoms with van der Waals surface area (Å²) in [5, 5.41) is 0. The normalized spacial score (nSPS) is 19.9. The lowest BCUT2D eigenvalue weighted by Crippen LogP contribution is -2.73. The molecule has 1 amide bonds. The van der Waals surface area contributed by atoms with E-state index in [-0.39, 0.29) is 29.1 Å². The number of aryl methyl sites for hydroxylation is 1. The number of alkyl halides is 2. The van der Waals surface area contributed by atoms with Crippen LogP contribution in [-0.2, 0) is 20.7 Å². The molecule has 1 aromatic heterocycles. The van der Waals surface area contributed by atoms with Gasteiger partial charge >= 0.3 is 12.0 Å². The summed E-state index contributed by atoms with van der Waals surface area (Å²) < 4.78 is 58.8. The van der Waals surface area contributed by atoms with Crippen LogP contribution in [0.2, 0.25) is 0 Å². The number of hydrogen-bond acceptors (Lipinski definition) is 6. The van der Waals surface area contributed by atoms with Crippen molar-refractivity contribution in [3.8, 4) is 0 Å². The van der Waals surface area contributed by atoms with Crippen molar-refractivity contribution in [3.63, 3.8) is 0 Å². The molecule has 0 radical (unpaired) electrons. The van der Waals surface area contributed by atoms with Gasteiger partial charge in [0.25, 0.3) is 0 Å². The molecule has 0 atom stereocenters. The van der Waals surface area contributed by atoms with Crippen LogP contribution in [0.25, 0.3) is 0 Å². The molecule has 2 aliphatic rings. The Kier molecular flexibility index (Phi) is 4.70. The highest BCUT2D eigenvalue weighted by Gasteiger charge is 2.57. The van der Waals surface area contributed by atoms with Crippen LogP contribution in [-0.4, -0.2) is 65.5 Å². The van der Waals surface area contributed by atoms with E-state index < -0.39 is 33.5 Å². The number of carbonyl (C=O) groups is 1. The highest BCUT2D eigenvalue weighted by Crippen LogP contribution is 2.43. The second-order valence-corrected chi connectivity index (χ2v) is 10.5. The maximum absolute atomic E-state index is 13.3. The number of ether oxygens (including phenoxy) is 1. The van der Waals surface area contributed by atoms with Crippen LogP contribution in [0, 0.1) is 12.3 Å². The molecule has 2 fully saturated rings. The van der Waals surface area contributed by atoms with Gasteiger partial charge in [0.2, 0.25) is 10.0 Å². The number of nitrogens with zero attached hydrogens (tertiary/aromatic N) is 4. The molecule has 3 rings (SSSR count). The van der Waals surface area contributed by atoms with Gasteiger partial charge in [-0.2, -0.15) is 13.1 Å². The van der Waals surface area contributed by atoms with E-state index in [1.807, 2.05) is 0 Å². The molecule has 2 aliphatic heterocycles. The van der Waals surface area contributed by atoms with E-state index in [9.17, 15) is 22.0 Å². The van der Waals surface area contributed by atoms with Crippen molar-refractivity contribution in [2.45, 2.75) is 51.0 Å². The van der Waals surface area contributed by atoms with Crippen LogP contribution >= 0.6 is 0 Å². The van der Waals surface area contributed by atoms with E-state index in [1.165, 1.54) is 11.2 Å². The molecule has 3 heterocycles. The summed E-state index contributed by atoms with van der Waals surface area (Å²) in [6, 6.07) is 0. The third kappa shape index (κ3) is 3.82. The van der Waals surface area contributed by atoms with Crippen molar-refractivity contribution >= 4 is 16.1 Å². The van der Waals surface area contributed by atoms with E-state index in [4.69, 9.17) is 4.74 Å². The number of amides is 1. The summed E-state index contributed by atoms with van der Waals surface area (Å²) >= 11 is 0. The van der Waals surface area contributed by atoms with Crippen molar-refractivity contribution in [2.24, 2.45) is 5.41 Å². The summed E-state index contributed by atoms with van der Waals surface area (Å²) in [5.41, 5.74) is -0.889. The second-order valence-electron chi connectivity index (χ2n) is 8.64. The molecule has 156 valence electrons. The van der Waals surface area contributed by atoms with E-state index in [0.29, 0.717) is 20.0 Å². The Hall–Kier alpha value is -1.88. The van der Waals surface area contributed by atoms with Gasteiger partial charge in [0.1, 0.15) is 10.5 Å². The quantitative estimate of drug-likeness (QED) is 0.747. The Bertz CT molecular complexity index is 895. The first-order valence-electron chi connectivity index (χ1n) is 8.83. The average molecular weight is 418 g/mol. The Labute approximate surface area is 162 Å². The molecule has 0 aromatic carbocycles. The highest BCUT2D eigenvalue weighted by molar-refractivity contribution is 7.89. The number of sulfonamides is 1. The molecule has 0 N–H and O–H groups in total. The Morgan fingerprint density at radius 2 is 1.75 bits per heavy atom. The second kappa shape index (κ2) is 6.31. The number of aromatic nitrogens is 2. The molecule has 0 unspecified atom stereocenters. The molecule has 28 heavy (non-hydrogen) atoms. The summed E-state index contributed by atoms with van der Waals surface area (Å²) in [5.74, 6) is -3.96. The first kappa shape index (κ1) is 20.8. The van der Waals surface area contributed by atoms with Crippen LogP contribution in [0.4, 0.5) is 13.6 Å². The van der Waals surface area contributed by atoms with Gasteiger partial charge in [-0.1, -0.05) is 0 Å². The summed E-state index contributed by atoms with van der Waals surface area (Å²) in [6.45, 7) is 8.70. The van der Waals surface area contributed by atoms with Crippen LogP contribution < -0.4 is 0 Å². The van der Waals surface area contributed by atoms with Crippen molar-refractivity contribution in [3.05, 3.63) is 17.7 Å². The molecule has 8 nitrogen and oxygen atoms in total. The maximum atomic E-state index is 13.3. The summed E-state index contributed by atoms with van der Waals surface area (Å²) in [7, 11) is -3.88. The number of likely N-dealkylation sites (tertiary alicyclic amines) is 1. The smallest absolute Gasteiger partial charge is 0.410 e. The maximum Gasteiger partial charge on any atom is 0.410 e. The van der Waals surface area contributed by atoms with Gasteiger partial charge in [0, 0.05) is 38.5 Å². The van der Waals surface area contributed by atoms with Gasteiger partial charge < -0.3 is 9.64 Å². The van der Waals surface area contributed by atoms with E-state index >= 15 is 0 Å². The largest absolute Gasteiger partial charge is 0.444 e. The molecule has 11 heteroatoms. The fourth-order valence-corrected chi connectivity index (χ4v) is 5.12. The number of halogens is 2. The van der Waals surface area contributed by atoms with Crippen LogP contribution in [0.5, 0.6) is 0 Å². The minimum atomic E-state index is -3.88. The third-order valence-electron chi connectivity index (χ3n) is 4.67. The molecular weight excluding hydrogens is 394 g/mol. The molecule has 2 saturated heterocycles. The molecule has 1 aromatic rings. The van der Waals surface area contributed by atoms with Crippen LogP contribution in [0.3, 0.4) is 0 Å². The van der Waals surface area contributed by atoms with Gasteiger partial charge in [0.15, 0.2) is 5.82 Å². The fourth-order valence-electron chi connectivity index (χ4n) is 3.35. The lowest BCUT2D eigenvalue weighted by atomic mass is 9.75. The predicted octanol–water partition coefficient (Wildman–Crippen LogP) is 2.14. The van der Waals surface area contributed by atoms with Crippen molar-refractivity contribution < 1.29 is 26.7 Å². The van der Waals surface area contributed by atoms with Crippen molar-refractivity contribution in [1.29, 1.82) is 0 Å². The Morgan fingerprint density at radius 1 is 1.18 bits per heavy atom. The Balaban J connectivity index is 1.64. The Morgan fingerprint density at radius 3 is 2.21 bits per heavy atom. The topological polar surface area (TPSA) is 92.7 Å². The van der Waals surface area contributed by atoms with Gasteiger partial charge in [-0.15, -0.1) is 0 Å². The standard InChI is InChI=1S/C17H24F2N4O4S/c1-11-12(6-20-13(21-11)16(5,18)19)28(25,26)23-9-17(10-23)7-22(8-17)14(24)27-15(2,3)4/h6H,7-10H2,1-5H3. The summed E-state index contributed by atoms with van der Waals surface area (Å²) in [4.78, 5) is 20.6. The number of rotatable bonds is 3. The van der Waals surface area contributed by atoms with Crippen molar-refractivity contribution in [1.82, 2.24) is 19.2 Å². The first-order chi connectivity index (χ1) is 12.6. The lowest BCUT2D eigenvalue weighted by molar-refractivity contribution is -0.0839. The van der Waals surface area contributed by atoms with Gasteiger partial charge in [-0.25, -0.2) is 23.2 Å². The SMILES string of the molecule is Cc1nc(C(C)(F)F)ncc1S(=O)(=O)N1CC2(CN(C(=O)OC(C)(C)C)C2)C1. The third-order valence-corrected chi connectivity index (χ3v) is 6.57. The number of hydrogen-bond donors (Lipinski definition) is 0.